The lowest BCUT2D eigenvalue weighted by molar-refractivity contribution is 0.242. The van der Waals surface area contributed by atoms with Crippen LogP contribution in [0, 0.1) is 6.92 Å². The molecule has 2 aromatic rings. The Bertz CT molecular complexity index is 579. The van der Waals surface area contributed by atoms with Crippen molar-refractivity contribution < 1.29 is 4.74 Å². The summed E-state index contributed by atoms with van der Waals surface area (Å²) in [5.41, 5.74) is 7.36. The van der Waals surface area contributed by atoms with Gasteiger partial charge in [-0.3, -0.25) is 0 Å². The van der Waals surface area contributed by atoms with Gasteiger partial charge in [0.25, 0.3) is 0 Å². The second-order valence-corrected chi connectivity index (χ2v) is 4.94. The molecule has 0 bridgehead atoms. The minimum atomic E-state index is 0.0836. The average molecular weight is 278 g/mol. The van der Waals surface area contributed by atoms with Gasteiger partial charge in [-0.15, -0.1) is 0 Å². The van der Waals surface area contributed by atoms with E-state index in [2.05, 4.69) is 9.97 Å². The number of aromatic nitrogens is 2. The predicted molar refractivity (Wildman–Crippen MR) is 77.4 cm³/mol. The smallest absolute Gasteiger partial charge is 0.138 e. The molecule has 0 aliphatic carbocycles. The highest BCUT2D eigenvalue weighted by Crippen LogP contribution is 2.30. The van der Waals surface area contributed by atoms with Gasteiger partial charge in [-0.2, -0.15) is 0 Å². The van der Waals surface area contributed by atoms with Crippen LogP contribution < -0.4 is 10.5 Å². The normalized spacial score (nSPS) is 10.8. The third kappa shape index (κ3) is 3.35. The molecule has 0 aliphatic heterocycles. The summed E-state index contributed by atoms with van der Waals surface area (Å²) in [5, 5.41) is 0.557. The van der Waals surface area contributed by atoms with Crippen LogP contribution >= 0.6 is 11.6 Å². The van der Waals surface area contributed by atoms with Gasteiger partial charge in [0.2, 0.25) is 0 Å². The highest BCUT2D eigenvalue weighted by molar-refractivity contribution is 6.32. The molecule has 100 valence electrons. The Balaban J connectivity index is 2.38. The van der Waals surface area contributed by atoms with Crippen molar-refractivity contribution in [3.8, 4) is 17.0 Å². The molecule has 0 saturated heterocycles. The van der Waals surface area contributed by atoms with Crippen LogP contribution in [0.25, 0.3) is 11.3 Å². The van der Waals surface area contributed by atoms with E-state index in [1.807, 2.05) is 32.0 Å². The molecule has 1 heterocycles. The number of aryl methyl sites for hydroxylation is 1. The third-order valence-electron chi connectivity index (χ3n) is 2.45. The Labute approximate surface area is 117 Å². The minimum Gasteiger partial charge on any atom is -0.489 e. The highest BCUT2D eigenvalue weighted by atomic mass is 35.5. The van der Waals surface area contributed by atoms with Crippen LogP contribution in [-0.4, -0.2) is 16.1 Å². The Morgan fingerprint density at radius 3 is 2.53 bits per heavy atom. The van der Waals surface area contributed by atoms with Gasteiger partial charge in [-0.25, -0.2) is 9.97 Å². The second-order valence-electron chi connectivity index (χ2n) is 4.54. The number of rotatable bonds is 3. The van der Waals surface area contributed by atoms with E-state index < -0.39 is 0 Å². The van der Waals surface area contributed by atoms with Crippen molar-refractivity contribution >= 4 is 17.4 Å². The van der Waals surface area contributed by atoms with Gasteiger partial charge in [0.1, 0.15) is 17.4 Å². The lowest BCUT2D eigenvalue weighted by atomic mass is 10.1. The minimum absolute atomic E-state index is 0.0836. The monoisotopic (exact) mass is 277 g/mol. The molecule has 1 aromatic heterocycles. The van der Waals surface area contributed by atoms with Crippen LogP contribution in [0.1, 0.15) is 19.7 Å². The zero-order valence-electron chi connectivity index (χ0n) is 11.1. The fourth-order valence-corrected chi connectivity index (χ4v) is 1.97. The Morgan fingerprint density at radius 2 is 1.95 bits per heavy atom. The molecule has 0 amide bonds. The summed E-state index contributed by atoms with van der Waals surface area (Å²) >= 11 is 6.20. The van der Waals surface area contributed by atoms with Crippen LogP contribution in [0.2, 0.25) is 5.02 Å². The number of benzene rings is 1. The van der Waals surface area contributed by atoms with Crippen LogP contribution in [0.3, 0.4) is 0 Å². The van der Waals surface area contributed by atoms with Crippen LogP contribution in [-0.2, 0) is 0 Å². The summed E-state index contributed by atoms with van der Waals surface area (Å²) < 4.78 is 5.59. The van der Waals surface area contributed by atoms with Crippen molar-refractivity contribution in [2.45, 2.75) is 26.9 Å². The van der Waals surface area contributed by atoms with E-state index in [-0.39, 0.29) is 6.10 Å². The van der Waals surface area contributed by atoms with Gasteiger partial charge >= 0.3 is 0 Å². The predicted octanol–water partition coefficient (Wildman–Crippen LogP) is 3.47. The van der Waals surface area contributed by atoms with E-state index in [1.54, 1.807) is 13.0 Å². The quantitative estimate of drug-likeness (QED) is 0.933. The lowest BCUT2D eigenvalue weighted by Crippen LogP contribution is -2.05. The summed E-state index contributed by atoms with van der Waals surface area (Å²) in [7, 11) is 0. The van der Waals surface area contributed by atoms with Gasteiger partial charge in [0, 0.05) is 11.6 Å². The van der Waals surface area contributed by atoms with Crippen molar-refractivity contribution in [1.29, 1.82) is 0 Å². The van der Waals surface area contributed by atoms with Crippen molar-refractivity contribution in [2.24, 2.45) is 0 Å². The SMILES string of the molecule is Cc1nc(N)cc(-c2ccc(OC(C)C)c(Cl)c2)n1. The largest absolute Gasteiger partial charge is 0.489 e. The maximum atomic E-state index is 6.20. The molecule has 19 heavy (non-hydrogen) atoms. The molecule has 0 fully saturated rings. The molecule has 0 aliphatic rings. The standard InChI is InChI=1S/C14H16ClN3O/c1-8(2)19-13-5-4-10(6-11(13)15)12-7-14(16)18-9(3)17-12/h4-8H,1-3H3,(H2,16,17,18). The van der Waals surface area contributed by atoms with E-state index in [4.69, 9.17) is 22.1 Å². The van der Waals surface area contributed by atoms with E-state index in [0.29, 0.717) is 22.4 Å². The molecular formula is C14H16ClN3O. The first kappa shape index (κ1) is 13.6. The fourth-order valence-electron chi connectivity index (χ4n) is 1.75. The molecule has 0 atom stereocenters. The fraction of sp³-hybridized carbons (Fsp3) is 0.286. The summed E-state index contributed by atoms with van der Waals surface area (Å²) in [4.78, 5) is 8.39. The first-order chi connectivity index (χ1) is 8.95. The second kappa shape index (κ2) is 5.45. The number of ether oxygens (including phenoxy) is 1. The van der Waals surface area contributed by atoms with Gasteiger partial charge in [0.05, 0.1) is 16.8 Å². The van der Waals surface area contributed by atoms with Crippen LogP contribution in [0.5, 0.6) is 5.75 Å². The third-order valence-corrected chi connectivity index (χ3v) is 2.74. The zero-order chi connectivity index (χ0) is 14.0. The number of nitrogens with two attached hydrogens (primary N) is 1. The van der Waals surface area contributed by atoms with E-state index in [0.717, 1.165) is 11.3 Å². The van der Waals surface area contributed by atoms with E-state index in [1.165, 1.54) is 0 Å². The lowest BCUT2D eigenvalue weighted by Gasteiger charge is -2.12. The van der Waals surface area contributed by atoms with Gasteiger partial charge in [-0.1, -0.05) is 11.6 Å². The van der Waals surface area contributed by atoms with E-state index >= 15 is 0 Å². The summed E-state index contributed by atoms with van der Waals surface area (Å²) in [6.07, 6.45) is 0.0836. The number of halogens is 1. The summed E-state index contributed by atoms with van der Waals surface area (Å²) in [6, 6.07) is 7.29. The van der Waals surface area contributed by atoms with Gasteiger partial charge in [0.15, 0.2) is 0 Å². The van der Waals surface area contributed by atoms with Crippen molar-refractivity contribution in [1.82, 2.24) is 9.97 Å². The molecule has 0 unspecified atom stereocenters. The number of hydrogen-bond donors (Lipinski definition) is 1. The Morgan fingerprint density at radius 1 is 1.21 bits per heavy atom. The molecule has 5 heteroatoms. The van der Waals surface area contributed by atoms with Crippen molar-refractivity contribution in [3.05, 3.63) is 35.1 Å². The average Bonchev–Trinajstić information content (AvgIpc) is 2.30. The molecule has 2 N–H and O–H groups in total. The number of nitrogens with zero attached hydrogens (tertiary/aromatic N) is 2. The van der Waals surface area contributed by atoms with Crippen LogP contribution in [0.15, 0.2) is 24.3 Å². The molecule has 2 rings (SSSR count). The molecule has 0 radical (unpaired) electrons. The summed E-state index contributed by atoms with van der Waals surface area (Å²) in [5.74, 6) is 1.74. The Kier molecular flexibility index (Phi) is 3.90. The first-order valence-electron chi connectivity index (χ1n) is 6.03. The van der Waals surface area contributed by atoms with Crippen LogP contribution in [0.4, 0.5) is 5.82 Å². The highest BCUT2D eigenvalue weighted by Gasteiger charge is 2.08. The zero-order valence-corrected chi connectivity index (χ0v) is 11.9. The molecule has 1 aromatic carbocycles. The number of nitrogen functional groups attached to an aromatic ring is 1. The van der Waals surface area contributed by atoms with E-state index in [9.17, 15) is 0 Å². The molecule has 0 saturated carbocycles. The maximum Gasteiger partial charge on any atom is 0.138 e. The summed E-state index contributed by atoms with van der Waals surface area (Å²) in [6.45, 7) is 5.72. The number of hydrogen-bond acceptors (Lipinski definition) is 4. The topological polar surface area (TPSA) is 61.0 Å². The first-order valence-corrected chi connectivity index (χ1v) is 6.41. The Hall–Kier alpha value is -1.81. The van der Waals surface area contributed by atoms with Crippen molar-refractivity contribution in [3.63, 3.8) is 0 Å². The maximum absolute atomic E-state index is 6.20. The molecule has 0 spiro atoms. The van der Waals surface area contributed by atoms with Gasteiger partial charge < -0.3 is 10.5 Å². The molecular weight excluding hydrogens is 262 g/mol. The number of anilines is 1. The van der Waals surface area contributed by atoms with Gasteiger partial charge in [-0.05, 0) is 39.0 Å². The molecule has 4 nitrogen and oxygen atoms in total. The van der Waals surface area contributed by atoms with Crippen molar-refractivity contribution in [2.75, 3.05) is 5.73 Å².